The lowest BCUT2D eigenvalue weighted by Gasteiger charge is -2.21. The van der Waals surface area contributed by atoms with Crippen molar-refractivity contribution in [1.82, 2.24) is 4.90 Å². The highest BCUT2D eigenvalue weighted by atomic mass is 32.2. The highest BCUT2D eigenvalue weighted by molar-refractivity contribution is 8.00. The molecule has 5 heteroatoms. The molecule has 1 heterocycles. The molecule has 1 aliphatic carbocycles. The minimum Gasteiger partial charge on any atom is -0.334 e. The number of carbonyl (C=O) groups is 1. The predicted molar refractivity (Wildman–Crippen MR) is 85.0 cm³/mol. The van der Waals surface area contributed by atoms with Crippen molar-refractivity contribution in [3.63, 3.8) is 0 Å². The molecule has 1 aromatic heterocycles. The molecule has 2 nitrogen and oxygen atoms in total. The number of amides is 1. The summed E-state index contributed by atoms with van der Waals surface area (Å²) < 4.78 is 13.6. The molecular formula is C16H16FNOS2. The number of thiophene rings is 1. The van der Waals surface area contributed by atoms with E-state index in [0.29, 0.717) is 23.2 Å². The lowest BCUT2D eigenvalue weighted by Crippen LogP contribution is -2.33. The first-order valence-electron chi connectivity index (χ1n) is 6.93. The highest BCUT2D eigenvalue weighted by Crippen LogP contribution is 2.31. The fourth-order valence-corrected chi connectivity index (χ4v) is 3.69. The predicted octanol–water partition coefficient (Wildman–Crippen LogP) is 4.17. The van der Waals surface area contributed by atoms with Crippen LogP contribution in [0.1, 0.15) is 17.7 Å². The Morgan fingerprint density at radius 2 is 2.10 bits per heavy atom. The van der Waals surface area contributed by atoms with Crippen LogP contribution in [0.2, 0.25) is 0 Å². The van der Waals surface area contributed by atoms with Crippen LogP contribution < -0.4 is 0 Å². The number of rotatable bonds is 6. The van der Waals surface area contributed by atoms with E-state index in [2.05, 4.69) is 6.07 Å². The molecule has 0 unspecified atom stereocenters. The monoisotopic (exact) mass is 321 g/mol. The largest absolute Gasteiger partial charge is 0.334 e. The van der Waals surface area contributed by atoms with Crippen molar-refractivity contribution >= 4 is 29.0 Å². The van der Waals surface area contributed by atoms with E-state index in [9.17, 15) is 9.18 Å². The van der Waals surface area contributed by atoms with Gasteiger partial charge in [-0.05, 0) is 36.4 Å². The van der Waals surface area contributed by atoms with Crippen LogP contribution in [-0.4, -0.2) is 22.6 Å². The van der Waals surface area contributed by atoms with Crippen LogP contribution in [0.25, 0.3) is 0 Å². The van der Waals surface area contributed by atoms with Crippen LogP contribution in [-0.2, 0) is 11.3 Å². The van der Waals surface area contributed by atoms with E-state index in [4.69, 9.17) is 0 Å². The standard InChI is InChI=1S/C16H16FNOS2/c17-14-5-1-2-6-15(14)21-11-16(19)18(12-7-8-12)10-13-4-3-9-20-13/h1-6,9,12H,7-8,10-11H2. The molecule has 0 radical (unpaired) electrons. The van der Waals surface area contributed by atoms with E-state index in [1.165, 1.54) is 22.7 Å². The summed E-state index contributed by atoms with van der Waals surface area (Å²) in [4.78, 5) is 16.1. The number of carbonyl (C=O) groups excluding carboxylic acids is 1. The third-order valence-electron chi connectivity index (χ3n) is 3.40. The molecule has 0 spiro atoms. The number of hydrogen-bond donors (Lipinski definition) is 0. The van der Waals surface area contributed by atoms with Gasteiger partial charge in [-0.25, -0.2) is 4.39 Å². The summed E-state index contributed by atoms with van der Waals surface area (Å²) in [6.07, 6.45) is 2.17. The lowest BCUT2D eigenvalue weighted by molar-refractivity contribution is -0.129. The highest BCUT2D eigenvalue weighted by Gasteiger charge is 2.32. The number of thioether (sulfide) groups is 1. The van der Waals surface area contributed by atoms with Crippen LogP contribution in [0.4, 0.5) is 4.39 Å². The molecule has 1 aromatic carbocycles. The minimum absolute atomic E-state index is 0.0964. The first-order valence-corrected chi connectivity index (χ1v) is 8.80. The van der Waals surface area contributed by atoms with Gasteiger partial charge >= 0.3 is 0 Å². The third kappa shape index (κ3) is 3.86. The summed E-state index contributed by atoms with van der Waals surface area (Å²) in [7, 11) is 0. The molecule has 21 heavy (non-hydrogen) atoms. The van der Waals surface area contributed by atoms with Gasteiger partial charge in [-0.15, -0.1) is 23.1 Å². The number of nitrogens with zero attached hydrogens (tertiary/aromatic N) is 1. The summed E-state index contributed by atoms with van der Waals surface area (Å²) in [5.74, 6) is 0.133. The Morgan fingerprint density at radius 3 is 2.76 bits per heavy atom. The van der Waals surface area contributed by atoms with Crippen LogP contribution in [0.3, 0.4) is 0 Å². The topological polar surface area (TPSA) is 20.3 Å². The SMILES string of the molecule is O=C(CSc1ccccc1F)N(Cc1cccs1)C1CC1. The molecule has 0 N–H and O–H groups in total. The zero-order chi connectivity index (χ0) is 14.7. The van der Waals surface area contributed by atoms with E-state index < -0.39 is 0 Å². The first kappa shape index (κ1) is 14.6. The van der Waals surface area contributed by atoms with Crippen LogP contribution in [0.15, 0.2) is 46.7 Å². The Balaban J connectivity index is 1.61. The lowest BCUT2D eigenvalue weighted by atomic mass is 10.3. The van der Waals surface area contributed by atoms with Gasteiger partial charge in [-0.3, -0.25) is 4.79 Å². The summed E-state index contributed by atoms with van der Waals surface area (Å²) in [5.41, 5.74) is 0. The average molecular weight is 321 g/mol. The summed E-state index contributed by atoms with van der Waals surface area (Å²) in [6, 6.07) is 11.0. The van der Waals surface area contributed by atoms with Gasteiger partial charge in [0.25, 0.3) is 0 Å². The Labute approximate surface area is 132 Å². The minimum atomic E-state index is -0.258. The number of hydrogen-bond acceptors (Lipinski definition) is 3. The van der Waals surface area contributed by atoms with Crippen molar-refractivity contribution in [3.8, 4) is 0 Å². The fraction of sp³-hybridized carbons (Fsp3) is 0.312. The summed E-state index contributed by atoms with van der Waals surface area (Å²) >= 11 is 2.95. The van der Waals surface area contributed by atoms with Gasteiger partial charge in [0, 0.05) is 15.8 Å². The van der Waals surface area contributed by atoms with Crippen molar-refractivity contribution in [1.29, 1.82) is 0 Å². The second-order valence-corrected chi connectivity index (χ2v) is 7.10. The molecule has 1 saturated carbocycles. The molecule has 2 aromatic rings. The van der Waals surface area contributed by atoms with Gasteiger partial charge in [0.15, 0.2) is 0 Å². The normalized spacial score (nSPS) is 14.1. The van der Waals surface area contributed by atoms with E-state index in [-0.39, 0.29) is 11.7 Å². The van der Waals surface area contributed by atoms with E-state index >= 15 is 0 Å². The number of halogens is 1. The summed E-state index contributed by atoms with van der Waals surface area (Å²) in [5, 5.41) is 2.03. The second kappa shape index (κ2) is 6.62. The quantitative estimate of drug-likeness (QED) is 0.744. The molecule has 1 amide bonds. The molecule has 0 bridgehead atoms. The van der Waals surface area contributed by atoms with Crippen LogP contribution >= 0.6 is 23.1 Å². The summed E-state index contributed by atoms with van der Waals surface area (Å²) in [6.45, 7) is 0.680. The molecule has 110 valence electrons. The molecule has 0 aliphatic heterocycles. The van der Waals surface area contributed by atoms with Crippen LogP contribution in [0.5, 0.6) is 0 Å². The molecule has 0 saturated heterocycles. The first-order chi connectivity index (χ1) is 10.2. The van der Waals surface area contributed by atoms with Gasteiger partial charge < -0.3 is 4.90 Å². The van der Waals surface area contributed by atoms with Gasteiger partial charge in [0.1, 0.15) is 5.82 Å². The maximum Gasteiger partial charge on any atom is 0.233 e. The molecule has 3 rings (SSSR count). The average Bonchev–Trinajstić information content (AvgIpc) is 3.20. The number of benzene rings is 1. The Bertz CT molecular complexity index is 610. The van der Waals surface area contributed by atoms with Crippen molar-refractivity contribution in [3.05, 3.63) is 52.5 Å². The zero-order valence-electron chi connectivity index (χ0n) is 11.5. The van der Waals surface area contributed by atoms with Gasteiger partial charge in [0.05, 0.1) is 12.3 Å². The van der Waals surface area contributed by atoms with Gasteiger partial charge in [-0.1, -0.05) is 18.2 Å². The molecular weight excluding hydrogens is 305 g/mol. The second-order valence-electron chi connectivity index (χ2n) is 5.05. The maximum absolute atomic E-state index is 13.6. The molecule has 1 fully saturated rings. The Morgan fingerprint density at radius 1 is 1.29 bits per heavy atom. The smallest absolute Gasteiger partial charge is 0.233 e. The van der Waals surface area contributed by atoms with Gasteiger partial charge in [0.2, 0.25) is 5.91 Å². The Kier molecular flexibility index (Phi) is 4.60. The van der Waals surface area contributed by atoms with Crippen molar-refractivity contribution in [2.75, 3.05) is 5.75 Å². The molecule has 1 aliphatic rings. The molecule has 0 atom stereocenters. The van der Waals surface area contributed by atoms with Crippen molar-refractivity contribution in [2.24, 2.45) is 0 Å². The fourth-order valence-electron chi connectivity index (χ4n) is 2.16. The van der Waals surface area contributed by atoms with Crippen molar-refractivity contribution < 1.29 is 9.18 Å². The maximum atomic E-state index is 13.6. The zero-order valence-corrected chi connectivity index (χ0v) is 13.1. The van der Waals surface area contributed by atoms with E-state index in [1.54, 1.807) is 29.5 Å². The third-order valence-corrected chi connectivity index (χ3v) is 5.30. The van der Waals surface area contributed by atoms with E-state index in [0.717, 1.165) is 12.8 Å². The van der Waals surface area contributed by atoms with Crippen LogP contribution in [0, 0.1) is 5.82 Å². The van der Waals surface area contributed by atoms with Gasteiger partial charge in [-0.2, -0.15) is 0 Å². The Hall–Kier alpha value is -1.33. The van der Waals surface area contributed by atoms with E-state index in [1.807, 2.05) is 16.3 Å². The van der Waals surface area contributed by atoms with Crippen molar-refractivity contribution in [2.45, 2.75) is 30.3 Å².